The lowest BCUT2D eigenvalue weighted by Gasteiger charge is -2.17. The second-order valence-electron chi connectivity index (χ2n) is 3.84. The molecule has 0 rings (SSSR count). The molecule has 0 aliphatic carbocycles. The minimum atomic E-state index is -1.03. The van der Waals surface area contributed by atoms with Crippen LogP contribution in [0.4, 0.5) is 0 Å². The zero-order valence-corrected chi connectivity index (χ0v) is 8.87. The van der Waals surface area contributed by atoms with E-state index in [1.807, 2.05) is 0 Å². The summed E-state index contributed by atoms with van der Waals surface area (Å²) in [6, 6.07) is -1.30. The van der Waals surface area contributed by atoms with Crippen molar-refractivity contribution in [2.45, 2.75) is 43.9 Å². The lowest BCUT2D eigenvalue weighted by atomic mass is 10.00. The lowest BCUT2D eigenvalue weighted by Crippen LogP contribution is -2.33. The van der Waals surface area contributed by atoms with E-state index in [0.717, 1.165) is 0 Å². The van der Waals surface area contributed by atoms with E-state index in [2.05, 4.69) is 0 Å². The number of nitrogens with two attached hydrogens (primary N) is 2. The van der Waals surface area contributed by atoms with Gasteiger partial charge in [-0.3, -0.25) is 9.59 Å². The third kappa shape index (κ3) is 8.16. The molecule has 0 aromatic heterocycles. The van der Waals surface area contributed by atoms with E-state index in [9.17, 15) is 14.7 Å². The highest BCUT2D eigenvalue weighted by atomic mass is 16.4. The molecule has 7 heteroatoms. The Labute approximate surface area is 93.0 Å². The molecule has 0 radical (unpaired) electrons. The maximum Gasteiger partial charge on any atom is 0.304 e. The van der Waals surface area contributed by atoms with E-state index < -0.39 is 30.1 Å². The number of carbonyl (C=O) groups is 2. The van der Waals surface area contributed by atoms with Gasteiger partial charge in [-0.15, -0.1) is 0 Å². The molecule has 0 amide bonds. The molecule has 0 saturated heterocycles. The molecular weight excluding hydrogens is 216 g/mol. The number of carboxylic acids is 2. The van der Waals surface area contributed by atoms with E-state index in [4.69, 9.17) is 21.7 Å². The maximum absolute atomic E-state index is 10.3. The molecule has 7 N–H and O–H groups in total. The Morgan fingerprint density at radius 2 is 1.25 bits per heavy atom. The Bertz CT molecular complexity index is 222. The van der Waals surface area contributed by atoms with Crippen LogP contribution >= 0.6 is 0 Å². The first-order valence-electron chi connectivity index (χ1n) is 4.94. The average Bonchev–Trinajstić information content (AvgIpc) is 1.97. The van der Waals surface area contributed by atoms with Crippen molar-refractivity contribution in [3.8, 4) is 0 Å². The highest BCUT2D eigenvalue weighted by Gasteiger charge is 2.17. The van der Waals surface area contributed by atoms with Gasteiger partial charge < -0.3 is 26.8 Å². The van der Waals surface area contributed by atoms with Crippen molar-refractivity contribution in [2.24, 2.45) is 11.5 Å². The average molecular weight is 234 g/mol. The summed E-state index contributed by atoms with van der Waals surface area (Å²) < 4.78 is 0. The van der Waals surface area contributed by atoms with Gasteiger partial charge in [-0.25, -0.2) is 0 Å². The van der Waals surface area contributed by atoms with Crippen molar-refractivity contribution in [1.29, 1.82) is 0 Å². The van der Waals surface area contributed by atoms with Gasteiger partial charge in [0, 0.05) is 12.1 Å². The van der Waals surface area contributed by atoms with Crippen molar-refractivity contribution in [3.05, 3.63) is 0 Å². The fraction of sp³-hybridized carbons (Fsp3) is 0.778. The van der Waals surface area contributed by atoms with Crippen LogP contribution in [-0.2, 0) is 9.59 Å². The molecule has 0 aliphatic heterocycles. The predicted octanol–water partition coefficient (Wildman–Crippen LogP) is -1.27. The predicted molar refractivity (Wildman–Crippen MR) is 55.7 cm³/mol. The molecule has 0 heterocycles. The molecule has 16 heavy (non-hydrogen) atoms. The zero-order chi connectivity index (χ0) is 12.7. The van der Waals surface area contributed by atoms with Gasteiger partial charge in [0.1, 0.15) is 0 Å². The number of aliphatic hydroxyl groups excluding tert-OH is 1. The summed E-state index contributed by atoms with van der Waals surface area (Å²) in [5.41, 5.74) is 10.9. The first-order chi connectivity index (χ1) is 7.31. The van der Waals surface area contributed by atoms with Crippen LogP contribution in [0.5, 0.6) is 0 Å². The smallest absolute Gasteiger partial charge is 0.304 e. The molecule has 0 aromatic rings. The van der Waals surface area contributed by atoms with Crippen LogP contribution in [0.25, 0.3) is 0 Å². The molecule has 2 unspecified atom stereocenters. The Morgan fingerprint density at radius 3 is 1.50 bits per heavy atom. The molecule has 2 atom stereocenters. The minimum absolute atomic E-state index is 0.0968. The van der Waals surface area contributed by atoms with Crippen LogP contribution in [0.15, 0.2) is 0 Å². The second kappa shape index (κ2) is 7.15. The molecule has 0 bridgehead atoms. The summed E-state index contributed by atoms with van der Waals surface area (Å²) in [6.45, 7) is 0. The van der Waals surface area contributed by atoms with Crippen molar-refractivity contribution in [2.75, 3.05) is 0 Å². The fourth-order valence-electron chi connectivity index (χ4n) is 1.41. The van der Waals surface area contributed by atoms with Crippen LogP contribution in [0.3, 0.4) is 0 Å². The maximum atomic E-state index is 10.3. The van der Waals surface area contributed by atoms with Gasteiger partial charge in [0.25, 0.3) is 0 Å². The number of aliphatic carboxylic acids is 2. The summed E-state index contributed by atoms with van der Waals surface area (Å²) in [4.78, 5) is 20.6. The molecule has 0 aromatic carbocycles. The van der Waals surface area contributed by atoms with Crippen LogP contribution in [-0.4, -0.2) is 45.4 Å². The van der Waals surface area contributed by atoms with Gasteiger partial charge >= 0.3 is 11.9 Å². The molecule has 7 nitrogen and oxygen atoms in total. The third-order valence-electron chi connectivity index (χ3n) is 2.02. The highest BCUT2D eigenvalue weighted by Crippen LogP contribution is 2.07. The number of aliphatic hydroxyl groups is 1. The van der Waals surface area contributed by atoms with Gasteiger partial charge in [0.2, 0.25) is 0 Å². The van der Waals surface area contributed by atoms with Crippen LogP contribution in [0.1, 0.15) is 25.7 Å². The van der Waals surface area contributed by atoms with Gasteiger partial charge in [-0.1, -0.05) is 0 Å². The number of rotatable bonds is 8. The summed E-state index contributed by atoms with van der Waals surface area (Å²) in [5, 5.41) is 26.3. The molecule has 0 saturated carbocycles. The second-order valence-corrected chi connectivity index (χ2v) is 3.84. The molecule has 94 valence electrons. The van der Waals surface area contributed by atoms with Gasteiger partial charge in [-0.2, -0.15) is 0 Å². The SMILES string of the molecule is NC(CC(=O)O)CC(O)CC(N)CC(=O)O. The van der Waals surface area contributed by atoms with Crippen molar-refractivity contribution in [1.82, 2.24) is 0 Å². The Balaban J connectivity index is 3.84. The number of hydrogen-bond donors (Lipinski definition) is 5. The Hall–Kier alpha value is -1.18. The molecule has 0 spiro atoms. The fourth-order valence-corrected chi connectivity index (χ4v) is 1.41. The van der Waals surface area contributed by atoms with Gasteiger partial charge in [0.15, 0.2) is 0 Å². The third-order valence-corrected chi connectivity index (χ3v) is 2.02. The van der Waals surface area contributed by atoms with E-state index >= 15 is 0 Å². The van der Waals surface area contributed by atoms with E-state index in [0.29, 0.717) is 0 Å². The summed E-state index contributed by atoms with van der Waals surface area (Å²) in [5.74, 6) is -2.07. The van der Waals surface area contributed by atoms with Gasteiger partial charge in [0.05, 0.1) is 18.9 Å². The zero-order valence-electron chi connectivity index (χ0n) is 8.87. The first kappa shape index (κ1) is 14.8. The van der Waals surface area contributed by atoms with E-state index in [1.54, 1.807) is 0 Å². The van der Waals surface area contributed by atoms with Crippen LogP contribution in [0.2, 0.25) is 0 Å². The summed E-state index contributed by atoms with van der Waals surface area (Å²) >= 11 is 0. The topological polar surface area (TPSA) is 147 Å². The molecular formula is C9H18N2O5. The highest BCUT2D eigenvalue weighted by molar-refractivity contribution is 5.67. The van der Waals surface area contributed by atoms with E-state index in [1.165, 1.54) is 0 Å². The quantitative estimate of drug-likeness (QED) is 0.352. The minimum Gasteiger partial charge on any atom is -0.481 e. The van der Waals surface area contributed by atoms with Crippen LogP contribution < -0.4 is 11.5 Å². The normalized spacial score (nSPS) is 16.4. The Morgan fingerprint density at radius 1 is 0.938 bits per heavy atom. The van der Waals surface area contributed by atoms with Crippen molar-refractivity contribution < 1.29 is 24.9 Å². The summed E-state index contributed by atoms with van der Waals surface area (Å²) in [7, 11) is 0. The lowest BCUT2D eigenvalue weighted by molar-refractivity contribution is -0.138. The van der Waals surface area contributed by atoms with Crippen molar-refractivity contribution >= 4 is 11.9 Å². The number of hydrogen-bond acceptors (Lipinski definition) is 5. The Kier molecular flexibility index (Phi) is 6.63. The molecule has 0 fully saturated rings. The largest absolute Gasteiger partial charge is 0.481 e. The van der Waals surface area contributed by atoms with Crippen molar-refractivity contribution in [3.63, 3.8) is 0 Å². The molecule has 0 aliphatic rings. The first-order valence-corrected chi connectivity index (χ1v) is 4.94. The number of carboxylic acid groups (broad SMARTS) is 2. The monoisotopic (exact) mass is 234 g/mol. The van der Waals surface area contributed by atoms with Crippen LogP contribution in [0, 0.1) is 0 Å². The standard InChI is InChI=1S/C9H18N2O5/c10-5(3-8(13)14)1-7(12)2-6(11)4-9(15)16/h5-7,12H,1-4,10-11H2,(H,13,14)(H,15,16). The van der Waals surface area contributed by atoms with Gasteiger partial charge in [-0.05, 0) is 12.8 Å². The van der Waals surface area contributed by atoms with E-state index in [-0.39, 0.29) is 25.7 Å². The summed E-state index contributed by atoms with van der Waals surface area (Å²) in [6.07, 6.45) is -1.14.